The van der Waals surface area contributed by atoms with Gasteiger partial charge < -0.3 is 10.1 Å². The van der Waals surface area contributed by atoms with Crippen molar-refractivity contribution in [3.05, 3.63) is 53.4 Å². The molecular formula is C21H19NO3S. The number of carbonyl (C=O) groups is 2. The number of esters is 1. The summed E-state index contributed by atoms with van der Waals surface area (Å²) in [5.74, 6) is -0.380. The van der Waals surface area contributed by atoms with Gasteiger partial charge in [-0.1, -0.05) is 48.9 Å². The highest BCUT2D eigenvalue weighted by Crippen LogP contribution is 2.40. The minimum Gasteiger partial charge on any atom is -0.465 e. The van der Waals surface area contributed by atoms with Crippen LogP contribution in [0, 0.1) is 5.92 Å². The molecule has 0 atom stereocenters. The number of thiophene rings is 1. The van der Waals surface area contributed by atoms with E-state index in [0.717, 1.165) is 41.2 Å². The second-order valence-electron chi connectivity index (χ2n) is 6.49. The number of methoxy groups -OCH3 is 1. The van der Waals surface area contributed by atoms with E-state index in [0.29, 0.717) is 10.6 Å². The van der Waals surface area contributed by atoms with Crippen LogP contribution in [-0.4, -0.2) is 19.0 Å². The number of hydrogen-bond donors (Lipinski definition) is 1. The predicted molar refractivity (Wildman–Crippen MR) is 105 cm³/mol. The Hall–Kier alpha value is -2.66. The SMILES string of the molecule is COC(=O)c1c(-c2cccc3ccccc23)csc1NC(=O)C1CCC1. The van der Waals surface area contributed by atoms with Crippen molar-refractivity contribution in [1.82, 2.24) is 0 Å². The zero-order valence-electron chi connectivity index (χ0n) is 14.5. The van der Waals surface area contributed by atoms with Crippen LogP contribution in [0.15, 0.2) is 47.8 Å². The van der Waals surface area contributed by atoms with Crippen molar-refractivity contribution in [3.63, 3.8) is 0 Å². The predicted octanol–water partition coefficient (Wildman–Crippen LogP) is 5.09. The molecule has 0 bridgehead atoms. The number of benzene rings is 2. The average Bonchev–Trinajstić information content (AvgIpc) is 3.02. The van der Waals surface area contributed by atoms with Crippen molar-refractivity contribution in [3.8, 4) is 11.1 Å². The summed E-state index contributed by atoms with van der Waals surface area (Å²) in [6.07, 6.45) is 2.93. The summed E-state index contributed by atoms with van der Waals surface area (Å²) in [5.41, 5.74) is 2.19. The highest BCUT2D eigenvalue weighted by molar-refractivity contribution is 7.15. The summed E-state index contributed by atoms with van der Waals surface area (Å²) in [6.45, 7) is 0. The number of fused-ring (bicyclic) bond motifs is 1. The Labute approximate surface area is 155 Å². The summed E-state index contributed by atoms with van der Waals surface area (Å²) >= 11 is 1.37. The third-order valence-electron chi connectivity index (χ3n) is 4.97. The Morgan fingerprint density at radius 1 is 1.08 bits per heavy atom. The molecule has 1 fully saturated rings. The van der Waals surface area contributed by atoms with Crippen LogP contribution < -0.4 is 5.32 Å². The lowest BCUT2D eigenvalue weighted by atomic mass is 9.85. The third-order valence-corrected chi connectivity index (χ3v) is 5.87. The molecule has 0 radical (unpaired) electrons. The first-order valence-corrected chi connectivity index (χ1v) is 9.56. The zero-order chi connectivity index (χ0) is 18.1. The minimum atomic E-state index is -0.432. The van der Waals surface area contributed by atoms with Crippen LogP contribution in [0.4, 0.5) is 5.00 Å². The van der Waals surface area contributed by atoms with E-state index in [2.05, 4.69) is 5.32 Å². The molecule has 1 heterocycles. The van der Waals surface area contributed by atoms with Crippen LogP contribution in [0.2, 0.25) is 0 Å². The molecule has 1 saturated carbocycles. The number of anilines is 1. The van der Waals surface area contributed by atoms with Gasteiger partial charge in [-0.3, -0.25) is 4.79 Å². The Morgan fingerprint density at radius 3 is 2.58 bits per heavy atom. The smallest absolute Gasteiger partial charge is 0.341 e. The molecule has 26 heavy (non-hydrogen) atoms. The van der Waals surface area contributed by atoms with Gasteiger partial charge in [0.15, 0.2) is 0 Å². The van der Waals surface area contributed by atoms with Gasteiger partial charge in [-0.15, -0.1) is 11.3 Å². The lowest BCUT2D eigenvalue weighted by Gasteiger charge is -2.23. The Morgan fingerprint density at radius 2 is 1.85 bits per heavy atom. The van der Waals surface area contributed by atoms with Crippen molar-refractivity contribution < 1.29 is 14.3 Å². The van der Waals surface area contributed by atoms with Gasteiger partial charge in [0.2, 0.25) is 5.91 Å². The molecule has 1 N–H and O–H groups in total. The van der Waals surface area contributed by atoms with Gasteiger partial charge in [-0.05, 0) is 29.2 Å². The summed E-state index contributed by atoms with van der Waals surface area (Å²) in [5, 5.41) is 7.60. The van der Waals surface area contributed by atoms with Crippen molar-refractivity contribution in [2.45, 2.75) is 19.3 Å². The van der Waals surface area contributed by atoms with E-state index >= 15 is 0 Å². The average molecular weight is 365 g/mol. The summed E-state index contributed by atoms with van der Waals surface area (Å²) in [7, 11) is 1.37. The van der Waals surface area contributed by atoms with Crippen LogP contribution in [0.25, 0.3) is 21.9 Å². The lowest BCUT2D eigenvalue weighted by molar-refractivity contribution is -0.122. The maximum Gasteiger partial charge on any atom is 0.341 e. The molecule has 4 rings (SSSR count). The number of ether oxygens (including phenoxy) is 1. The van der Waals surface area contributed by atoms with Crippen LogP contribution in [0.5, 0.6) is 0 Å². The van der Waals surface area contributed by atoms with Crippen molar-refractivity contribution >= 4 is 39.0 Å². The van der Waals surface area contributed by atoms with E-state index in [1.165, 1.54) is 18.4 Å². The van der Waals surface area contributed by atoms with Crippen LogP contribution >= 0.6 is 11.3 Å². The summed E-state index contributed by atoms with van der Waals surface area (Å²) < 4.78 is 5.01. The van der Waals surface area contributed by atoms with E-state index in [9.17, 15) is 9.59 Å². The van der Waals surface area contributed by atoms with Gasteiger partial charge in [-0.2, -0.15) is 0 Å². The van der Waals surface area contributed by atoms with Gasteiger partial charge in [0.1, 0.15) is 10.6 Å². The molecular weight excluding hydrogens is 346 g/mol. The number of amides is 1. The molecule has 2 aromatic carbocycles. The first kappa shape index (κ1) is 16.8. The Bertz CT molecular complexity index is 983. The fraction of sp³-hybridized carbons (Fsp3) is 0.238. The zero-order valence-corrected chi connectivity index (χ0v) is 15.3. The van der Waals surface area contributed by atoms with Gasteiger partial charge >= 0.3 is 5.97 Å². The quantitative estimate of drug-likeness (QED) is 0.655. The molecule has 5 heteroatoms. The molecule has 3 aromatic rings. The largest absolute Gasteiger partial charge is 0.465 e. The number of nitrogens with one attached hydrogen (secondary N) is 1. The van der Waals surface area contributed by atoms with E-state index < -0.39 is 5.97 Å². The lowest BCUT2D eigenvalue weighted by Crippen LogP contribution is -2.28. The van der Waals surface area contributed by atoms with Crippen LogP contribution in [0.3, 0.4) is 0 Å². The molecule has 1 aliphatic carbocycles. The normalized spacial score (nSPS) is 14.0. The van der Waals surface area contributed by atoms with Gasteiger partial charge in [0, 0.05) is 16.9 Å². The Balaban J connectivity index is 1.80. The maximum atomic E-state index is 12.5. The van der Waals surface area contributed by atoms with Crippen molar-refractivity contribution in [1.29, 1.82) is 0 Å². The van der Waals surface area contributed by atoms with Crippen molar-refractivity contribution in [2.24, 2.45) is 5.92 Å². The number of hydrogen-bond acceptors (Lipinski definition) is 4. The highest BCUT2D eigenvalue weighted by Gasteiger charge is 2.28. The van der Waals surface area contributed by atoms with Gasteiger partial charge in [0.25, 0.3) is 0 Å². The number of carbonyl (C=O) groups excluding carboxylic acids is 2. The second-order valence-corrected chi connectivity index (χ2v) is 7.37. The topological polar surface area (TPSA) is 55.4 Å². The van der Waals surface area contributed by atoms with Crippen molar-refractivity contribution in [2.75, 3.05) is 12.4 Å². The van der Waals surface area contributed by atoms with E-state index in [1.807, 2.05) is 47.8 Å². The minimum absolute atomic E-state index is 0.00674. The second kappa shape index (κ2) is 6.92. The molecule has 0 saturated heterocycles. The molecule has 1 aromatic heterocycles. The Kier molecular flexibility index (Phi) is 4.47. The maximum absolute atomic E-state index is 12.5. The standard InChI is InChI=1S/C21H19NO3S/c1-25-21(24)18-17(12-26-20(18)22-19(23)14-8-4-9-14)16-11-5-7-13-6-2-3-10-15(13)16/h2-3,5-7,10-12,14H,4,8-9H2,1H3,(H,22,23). The van der Waals surface area contributed by atoms with Crippen LogP contribution in [-0.2, 0) is 9.53 Å². The van der Waals surface area contributed by atoms with E-state index in [4.69, 9.17) is 4.74 Å². The summed E-state index contributed by atoms with van der Waals surface area (Å²) in [6, 6.07) is 14.1. The summed E-state index contributed by atoms with van der Waals surface area (Å²) in [4.78, 5) is 24.9. The molecule has 0 spiro atoms. The highest BCUT2D eigenvalue weighted by atomic mass is 32.1. The molecule has 4 nitrogen and oxygen atoms in total. The fourth-order valence-electron chi connectivity index (χ4n) is 3.30. The van der Waals surface area contributed by atoms with E-state index in [1.54, 1.807) is 0 Å². The van der Waals surface area contributed by atoms with Gasteiger partial charge in [0.05, 0.1) is 7.11 Å². The first-order chi connectivity index (χ1) is 12.7. The monoisotopic (exact) mass is 365 g/mol. The first-order valence-electron chi connectivity index (χ1n) is 8.68. The molecule has 0 aliphatic heterocycles. The number of rotatable bonds is 4. The molecule has 1 amide bonds. The van der Waals surface area contributed by atoms with Crippen LogP contribution in [0.1, 0.15) is 29.6 Å². The van der Waals surface area contributed by atoms with E-state index in [-0.39, 0.29) is 11.8 Å². The molecule has 132 valence electrons. The molecule has 1 aliphatic rings. The fourth-order valence-corrected chi connectivity index (χ4v) is 4.25. The third kappa shape index (κ3) is 2.88. The molecule has 0 unspecified atom stereocenters. The van der Waals surface area contributed by atoms with Gasteiger partial charge in [-0.25, -0.2) is 4.79 Å².